The first-order valence-electron chi connectivity index (χ1n) is 7.53. The molecule has 5 heteroatoms. The van der Waals surface area contributed by atoms with E-state index < -0.39 is 23.9 Å². The van der Waals surface area contributed by atoms with Gasteiger partial charge in [-0.3, -0.25) is 0 Å². The zero-order valence-corrected chi connectivity index (χ0v) is 13.0. The first-order valence-corrected chi connectivity index (χ1v) is 7.53. The van der Waals surface area contributed by atoms with Gasteiger partial charge in [0.15, 0.2) is 0 Å². The van der Waals surface area contributed by atoms with Gasteiger partial charge in [-0.1, -0.05) is 48.5 Å². The fourth-order valence-electron chi connectivity index (χ4n) is 2.31. The smallest absolute Gasteiger partial charge is 0.303 e. The van der Waals surface area contributed by atoms with E-state index in [1.807, 2.05) is 6.07 Å². The van der Waals surface area contributed by atoms with E-state index in [0.717, 1.165) is 17.7 Å². The largest absolute Gasteiger partial charge is 0.386 e. The predicted octanol–water partition coefficient (Wildman–Crippen LogP) is 4.66. The van der Waals surface area contributed by atoms with Gasteiger partial charge in [-0.2, -0.15) is 0 Å². The summed E-state index contributed by atoms with van der Waals surface area (Å²) < 4.78 is 47.8. The maximum Gasteiger partial charge on any atom is 0.303 e. The molecule has 1 N–H and O–H groups in total. The van der Waals surface area contributed by atoms with Gasteiger partial charge in [-0.05, 0) is 29.7 Å². The van der Waals surface area contributed by atoms with Crippen LogP contribution in [0.3, 0.4) is 0 Å². The summed E-state index contributed by atoms with van der Waals surface area (Å²) in [5.41, 5.74) is 0.819. The Morgan fingerprint density at radius 2 is 1.71 bits per heavy atom. The van der Waals surface area contributed by atoms with Crippen molar-refractivity contribution < 1.29 is 23.0 Å². The molecule has 0 fully saturated rings. The van der Waals surface area contributed by atoms with Crippen molar-refractivity contribution in [2.75, 3.05) is 0 Å². The molecule has 2 rings (SSSR count). The van der Waals surface area contributed by atoms with E-state index in [0.29, 0.717) is 0 Å². The van der Waals surface area contributed by atoms with E-state index in [4.69, 9.17) is 4.74 Å². The predicted molar refractivity (Wildman–Crippen MR) is 86.1 cm³/mol. The first-order chi connectivity index (χ1) is 11.4. The number of rotatable bonds is 8. The number of hydrogen-bond donors (Lipinski definition) is 1. The fraction of sp³-hybridized carbons (Fsp3) is 0.263. The molecule has 2 aromatic rings. The molecule has 0 saturated carbocycles. The molecule has 2 aromatic carbocycles. The number of aliphatic hydroxyl groups is 1. The van der Waals surface area contributed by atoms with Crippen LogP contribution in [0.1, 0.15) is 23.7 Å². The highest BCUT2D eigenvalue weighted by atomic mass is 19.3. The molecule has 0 aliphatic heterocycles. The summed E-state index contributed by atoms with van der Waals surface area (Å²) in [6.07, 6.45) is -2.70. The van der Waals surface area contributed by atoms with Crippen LogP contribution in [0.4, 0.5) is 13.2 Å². The van der Waals surface area contributed by atoms with Crippen LogP contribution in [0.25, 0.3) is 0 Å². The fourth-order valence-corrected chi connectivity index (χ4v) is 2.31. The third-order valence-electron chi connectivity index (χ3n) is 3.62. The highest BCUT2D eigenvalue weighted by Crippen LogP contribution is 2.39. The molecule has 0 radical (unpaired) electrons. The van der Waals surface area contributed by atoms with Gasteiger partial charge in [0, 0.05) is 0 Å². The molecule has 0 amide bonds. The molecule has 0 spiro atoms. The van der Waals surface area contributed by atoms with Crippen LogP contribution in [0, 0.1) is 5.82 Å². The van der Waals surface area contributed by atoms with E-state index in [9.17, 15) is 18.3 Å². The van der Waals surface area contributed by atoms with Crippen LogP contribution in [0.5, 0.6) is 0 Å². The molecule has 24 heavy (non-hydrogen) atoms. The Morgan fingerprint density at radius 1 is 1.08 bits per heavy atom. The van der Waals surface area contributed by atoms with E-state index in [1.165, 1.54) is 18.2 Å². The number of halogens is 3. The van der Waals surface area contributed by atoms with E-state index in [1.54, 1.807) is 24.3 Å². The Labute approximate surface area is 139 Å². The first kappa shape index (κ1) is 18.2. The number of hydrogen-bond acceptors (Lipinski definition) is 2. The quantitative estimate of drug-likeness (QED) is 0.711. The second-order valence-corrected chi connectivity index (χ2v) is 5.44. The molecule has 0 aromatic heterocycles. The van der Waals surface area contributed by atoms with Crippen LogP contribution in [-0.2, 0) is 11.3 Å². The molecular formula is C19H19F3O2. The summed E-state index contributed by atoms with van der Waals surface area (Å²) >= 11 is 0. The third kappa shape index (κ3) is 4.46. The molecule has 0 unspecified atom stereocenters. The highest BCUT2D eigenvalue weighted by molar-refractivity contribution is 5.22. The third-order valence-corrected chi connectivity index (χ3v) is 3.62. The lowest BCUT2D eigenvalue weighted by atomic mass is 9.97. The Hall–Kier alpha value is -2.11. The second kappa shape index (κ2) is 8.13. The maximum atomic E-state index is 14.6. The standard InChI is InChI=1S/C19H19F3O2/c1-2-6-17(23)19(21,22)18(15-9-11-16(20)12-10-15)24-13-14-7-4-3-5-8-14/h2-5,7-12,17-18,23H,1,6,13H2/t17-,18-/m1/s1. The van der Waals surface area contributed by atoms with Crippen molar-refractivity contribution in [3.05, 3.63) is 84.2 Å². The zero-order valence-electron chi connectivity index (χ0n) is 13.0. The molecule has 128 valence electrons. The lowest BCUT2D eigenvalue weighted by Crippen LogP contribution is -2.40. The highest BCUT2D eigenvalue weighted by Gasteiger charge is 2.47. The van der Waals surface area contributed by atoms with Gasteiger partial charge in [0.1, 0.15) is 18.0 Å². The molecule has 0 aliphatic carbocycles. The summed E-state index contributed by atoms with van der Waals surface area (Å²) in [6, 6.07) is 13.5. The van der Waals surface area contributed by atoms with Crippen molar-refractivity contribution in [1.82, 2.24) is 0 Å². The van der Waals surface area contributed by atoms with Crippen molar-refractivity contribution in [2.24, 2.45) is 0 Å². The summed E-state index contributed by atoms with van der Waals surface area (Å²) in [4.78, 5) is 0. The van der Waals surface area contributed by atoms with Crippen LogP contribution in [0.15, 0.2) is 67.3 Å². The lowest BCUT2D eigenvalue weighted by molar-refractivity contribution is -0.199. The zero-order chi connectivity index (χ0) is 17.6. The Kier molecular flexibility index (Phi) is 6.17. The normalized spacial score (nSPS) is 14.2. The van der Waals surface area contributed by atoms with E-state index >= 15 is 0 Å². The molecule has 0 bridgehead atoms. The van der Waals surface area contributed by atoms with E-state index in [2.05, 4.69) is 6.58 Å². The lowest BCUT2D eigenvalue weighted by Gasteiger charge is -2.30. The number of ether oxygens (including phenoxy) is 1. The van der Waals surface area contributed by atoms with Gasteiger partial charge in [0.2, 0.25) is 0 Å². The molecule has 0 heterocycles. The Morgan fingerprint density at radius 3 is 2.29 bits per heavy atom. The van der Waals surface area contributed by atoms with Gasteiger partial charge in [-0.25, -0.2) is 13.2 Å². The van der Waals surface area contributed by atoms with Crippen molar-refractivity contribution in [3.8, 4) is 0 Å². The van der Waals surface area contributed by atoms with Gasteiger partial charge >= 0.3 is 5.92 Å². The van der Waals surface area contributed by atoms with Crippen LogP contribution < -0.4 is 0 Å². The summed E-state index contributed by atoms with van der Waals surface area (Å²) in [7, 11) is 0. The summed E-state index contributed by atoms with van der Waals surface area (Å²) in [5.74, 6) is -4.09. The van der Waals surface area contributed by atoms with Gasteiger partial charge in [-0.15, -0.1) is 6.58 Å². The minimum absolute atomic E-state index is 0.0563. The maximum absolute atomic E-state index is 14.6. The SMILES string of the molecule is C=CC[C@@H](O)C(F)(F)[C@H](OCc1ccccc1)c1ccc(F)cc1. The summed E-state index contributed by atoms with van der Waals surface area (Å²) in [6.45, 7) is 3.31. The van der Waals surface area contributed by atoms with Gasteiger partial charge < -0.3 is 9.84 Å². The molecule has 2 nitrogen and oxygen atoms in total. The number of alkyl halides is 2. The van der Waals surface area contributed by atoms with Crippen molar-refractivity contribution in [3.63, 3.8) is 0 Å². The Bertz CT molecular complexity index is 641. The minimum atomic E-state index is -3.55. The molecule has 0 saturated heterocycles. The molecule has 0 aliphatic rings. The van der Waals surface area contributed by atoms with Crippen molar-refractivity contribution in [2.45, 2.75) is 31.2 Å². The number of aliphatic hydroxyl groups excluding tert-OH is 1. The minimum Gasteiger partial charge on any atom is -0.386 e. The summed E-state index contributed by atoms with van der Waals surface area (Å²) in [5, 5.41) is 9.79. The Balaban J connectivity index is 2.26. The van der Waals surface area contributed by atoms with E-state index in [-0.39, 0.29) is 18.6 Å². The van der Waals surface area contributed by atoms with Crippen molar-refractivity contribution in [1.29, 1.82) is 0 Å². The van der Waals surface area contributed by atoms with Crippen LogP contribution >= 0.6 is 0 Å². The topological polar surface area (TPSA) is 29.5 Å². The van der Waals surface area contributed by atoms with Gasteiger partial charge in [0.25, 0.3) is 0 Å². The average molecular weight is 336 g/mol. The van der Waals surface area contributed by atoms with Crippen LogP contribution in [0.2, 0.25) is 0 Å². The molecule has 2 atom stereocenters. The van der Waals surface area contributed by atoms with Crippen LogP contribution in [-0.4, -0.2) is 17.1 Å². The average Bonchev–Trinajstić information content (AvgIpc) is 2.57. The number of benzene rings is 2. The van der Waals surface area contributed by atoms with Crippen molar-refractivity contribution >= 4 is 0 Å². The second-order valence-electron chi connectivity index (χ2n) is 5.44. The monoisotopic (exact) mass is 336 g/mol. The van der Waals surface area contributed by atoms with Gasteiger partial charge in [0.05, 0.1) is 6.61 Å². The molecular weight excluding hydrogens is 317 g/mol.